The van der Waals surface area contributed by atoms with E-state index in [1.807, 2.05) is 0 Å². The highest BCUT2D eigenvalue weighted by Crippen LogP contribution is 2.07. The van der Waals surface area contributed by atoms with Gasteiger partial charge in [-0.1, -0.05) is 0 Å². The molecule has 0 aliphatic rings. The summed E-state index contributed by atoms with van der Waals surface area (Å²) in [4.78, 5) is 7.60. The van der Waals surface area contributed by atoms with Crippen LogP contribution in [-0.2, 0) is 10.1 Å². The first-order valence-electron chi connectivity index (χ1n) is 3.75. The largest absolute Gasteiger partial charge is 0.362 e. The molecule has 0 saturated heterocycles. The van der Waals surface area contributed by atoms with Crippen LogP contribution < -0.4 is 4.18 Å². The minimum Gasteiger partial charge on any atom is -0.362 e. The molecule has 0 aliphatic heterocycles. The molecule has 0 bridgehead atoms. The third-order valence-electron chi connectivity index (χ3n) is 1.32. The maximum Gasteiger partial charge on any atom is 0.310 e. The molecular formula is C7H10N2O3S. The quantitative estimate of drug-likeness (QED) is 0.668. The first-order valence-corrected chi connectivity index (χ1v) is 5.33. The number of hydrogen-bond donors (Lipinski definition) is 0. The Balaban J connectivity index is 2.87. The van der Waals surface area contributed by atoms with Crippen molar-refractivity contribution in [3.05, 3.63) is 18.1 Å². The number of nitrogens with zero attached hydrogens (tertiary/aromatic N) is 2. The van der Waals surface area contributed by atoms with Crippen LogP contribution in [0.25, 0.3) is 0 Å². The van der Waals surface area contributed by atoms with Crippen LogP contribution in [0.4, 0.5) is 0 Å². The van der Waals surface area contributed by atoms with Gasteiger partial charge in [0.25, 0.3) is 0 Å². The SMILES string of the molecule is CCS(=O)(=O)Oc1ccnc(C)n1. The molecule has 0 amide bonds. The predicted molar refractivity (Wildman–Crippen MR) is 46.9 cm³/mol. The summed E-state index contributed by atoms with van der Waals surface area (Å²) in [7, 11) is -3.48. The Morgan fingerprint density at radius 1 is 1.54 bits per heavy atom. The van der Waals surface area contributed by atoms with E-state index in [0.29, 0.717) is 5.82 Å². The smallest absolute Gasteiger partial charge is 0.310 e. The molecule has 0 unspecified atom stereocenters. The average molecular weight is 202 g/mol. The number of rotatable bonds is 3. The number of aromatic nitrogens is 2. The normalized spacial score (nSPS) is 11.2. The van der Waals surface area contributed by atoms with Crippen molar-refractivity contribution < 1.29 is 12.6 Å². The standard InChI is InChI=1S/C7H10N2O3S/c1-3-13(10,11)12-7-4-5-8-6(2)9-7/h4-5H,3H2,1-2H3. The summed E-state index contributed by atoms with van der Waals surface area (Å²) in [5.74, 6) is 0.467. The summed E-state index contributed by atoms with van der Waals surface area (Å²) < 4.78 is 26.6. The average Bonchev–Trinajstić information content (AvgIpc) is 2.03. The Hall–Kier alpha value is -1.17. The highest BCUT2D eigenvalue weighted by molar-refractivity contribution is 7.87. The summed E-state index contributed by atoms with van der Waals surface area (Å²) in [6, 6.07) is 1.40. The van der Waals surface area contributed by atoms with E-state index in [-0.39, 0.29) is 11.6 Å². The zero-order valence-corrected chi connectivity index (χ0v) is 8.21. The first kappa shape index (κ1) is 9.91. The van der Waals surface area contributed by atoms with Gasteiger partial charge in [0, 0.05) is 12.3 Å². The van der Waals surface area contributed by atoms with Crippen LogP contribution in [0.5, 0.6) is 5.88 Å². The summed E-state index contributed by atoms with van der Waals surface area (Å²) in [5, 5.41) is 0. The predicted octanol–water partition coefficient (Wildman–Crippen LogP) is 0.514. The van der Waals surface area contributed by atoms with E-state index in [2.05, 4.69) is 14.2 Å². The second-order valence-electron chi connectivity index (χ2n) is 2.37. The lowest BCUT2D eigenvalue weighted by Crippen LogP contribution is -2.12. The van der Waals surface area contributed by atoms with Gasteiger partial charge in [-0.3, -0.25) is 0 Å². The number of aryl methyl sites for hydroxylation is 1. The van der Waals surface area contributed by atoms with Crippen LogP contribution in [0, 0.1) is 6.92 Å². The zero-order valence-electron chi connectivity index (χ0n) is 7.39. The second kappa shape index (κ2) is 3.69. The lowest BCUT2D eigenvalue weighted by Gasteiger charge is -2.02. The Morgan fingerprint density at radius 3 is 2.77 bits per heavy atom. The fourth-order valence-corrected chi connectivity index (χ4v) is 1.14. The fraction of sp³-hybridized carbons (Fsp3) is 0.429. The van der Waals surface area contributed by atoms with Crippen LogP contribution in [0.15, 0.2) is 12.3 Å². The van der Waals surface area contributed by atoms with Crippen LogP contribution in [0.3, 0.4) is 0 Å². The van der Waals surface area contributed by atoms with E-state index in [9.17, 15) is 8.42 Å². The third-order valence-corrected chi connectivity index (χ3v) is 2.45. The Kier molecular flexibility index (Phi) is 2.82. The number of hydrogen-bond acceptors (Lipinski definition) is 5. The van der Waals surface area contributed by atoms with E-state index < -0.39 is 10.1 Å². The van der Waals surface area contributed by atoms with Gasteiger partial charge in [0.15, 0.2) is 0 Å². The summed E-state index contributed by atoms with van der Waals surface area (Å²) in [6.45, 7) is 3.16. The van der Waals surface area contributed by atoms with Gasteiger partial charge >= 0.3 is 10.1 Å². The van der Waals surface area contributed by atoms with Crippen LogP contribution in [0.1, 0.15) is 12.7 Å². The maximum atomic E-state index is 11.0. The topological polar surface area (TPSA) is 69.2 Å². The van der Waals surface area contributed by atoms with Crippen molar-refractivity contribution in [2.24, 2.45) is 0 Å². The lowest BCUT2D eigenvalue weighted by molar-refractivity contribution is 0.475. The van der Waals surface area contributed by atoms with Crippen molar-refractivity contribution in [1.82, 2.24) is 9.97 Å². The van der Waals surface area contributed by atoms with Crippen molar-refractivity contribution >= 4 is 10.1 Å². The minimum absolute atomic E-state index is 0.0642. The van der Waals surface area contributed by atoms with E-state index in [1.54, 1.807) is 6.92 Å². The van der Waals surface area contributed by atoms with Crippen molar-refractivity contribution in [1.29, 1.82) is 0 Å². The van der Waals surface area contributed by atoms with Gasteiger partial charge < -0.3 is 4.18 Å². The Bertz CT molecular complexity index is 388. The molecule has 0 atom stereocenters. The molecule has 1 heterocycles. The monoisotopic (exact) mass is 202 g/mol. The van der Waals surface area contributed by atoms with E-state index in [1.165, 1.54) is 19.2 Å². The maximum absolute atomic E-state index is 11.0. The van der Waals surface area contributed by atoms with Crippen LogP contribution >= 0.6 is 0 Å². The van der Waals surface area contributed by atoms with Gasteiger partial charge in [0.2, 0.25) is 5.88 Å². The molecule has 0 spiro atoms. The molecule has 0 aromatic carbocycles. The molecule has 0 N–H and O–H groups in total. The van der Waals surface area contributed by atoms with Crippen LogP contribution in [-0.4, -0.2) is 24.1 Å². The highest BCUT2D eigenvalue weighted by atomic mass is 32.2. The Labute approximate surface area is 76.9 Å². The van der Waals surface area contributed by atoms with Crippen molar-refractivity contribution in [3.63, 3.8) is 0 Å². The molecule has 0 fully saturated rings. The van der Waals surface area contributed by atoms with Gasteiger partial charge in [0.05, 0.1) is 5.75 Å². The molecule has 72 valence electrons. The molecule has 0 saturated carbocycles. The first-order chi connectivity index (χ1) is 6.03. The summed E-state index contributed by atoms with van der Waals surface area (Å²) in [6.07, 6.45) is 1.45. The fourth-order valence-electron chi connectivity index (χ4n) is 0.670. The molecule has 5 nitrogen and oxygen atoms in total. The van der Waals surface area contributed by atoms with Gasteiger partial charge in [-0.2, -0.15) is 13.4 Å². The van der Waals surface area contributed by atoms with E-state index in [0.717, 1.165) is 0 Å². The zero-order chi connectivity index (χ0) is 9.90. The van der Waals surface area contributed by atoms with Gasteiger partial charge in [-0.25, -0.2) is 4.98 Å². The molecule has 0 radical (unpaired) electrons. The summed E-state index contributed by atoms with van der Waals surface area (Å²) >= 11 is 0. The minimum atomic E-state index is -3.48. The van der Waals surface area contributed by atoms with Gasteiger partial charge in [-0.05, 0) is 13.8 Å². The molecule has 1 aromatic heterocycles. The van der Waals surface area contributed by atoms with Gasteiger partial charge in [-0.15, -0.1) is 0 Å². The molecular weight excluding hydrogens is 192 g/mol. The Morgan fingerprint density at radius 2 is 2.23 bits per heavy atom. The van der Waals surface area contributed by atoms with Crippen LogP contribution in [0.2, 0.25) is 0 Å². The molecule has 1 rings (SSSR count). The van der Waals surface area contributed by atoms with Crippen molar-refractivity contribution in [2.45, 2.75) is 13.8 Å². The lowest BCUT2D eigenvalue weighted by atomic mass is 10.6. The van der Waals surface area contributed by atoms with Crippen molar-refractivity contribution in [3.8, 4) is 5.88 Å². The molecule has 1 aromatic rings. The molecule has 13 heavy (non-hydrogen) atoms. The van der Waals surface area contributed by atoms with Crippen molar-refractivity contribution in [2.75, 3.05) is 5.75 Å². The van der Waals surface area contributed by atoms with Gasteiger partial charge in [0.1, 0.15) is 5.82 Å². The van der Waals surface area contributed by atoms with E-state index in [4.69, 9.17) is 0 Å². The second-order valence-corrected chi connectivity index (χ2v) is 4.23. The summed E-state index contributed by atoms with van der Waals surface area (Å²) in [5.41, 5.74) is 0. The van der Waals surface area contributed by atoms with E-state index >= 15 is 0 Å². The third kappa shape index (κ3) is 2.98. The highest BCUT2D eigenvalue weighted by Gasteiger charge is 2.09. The molecule has 0 aliphatic carbocycles. The molecule has 6 heteroatoms.